The van der Waals surface area contributed by atoms with E-state index in [1.165, 1.54) is 15.6 Å². The second-order valence-electron chi connectivity index (χ2n) is 7.48. The maximum Gasteiger partial charge on any atom is 0.279 e. The van der Waals surface area contributed by atoms with E-state index in [-0.39, 0.29) is 10.8 Å². The van der Waals surface area contributed by atoms with Gasteiger partial charge in [0, 0.05) is 26.2 Å². The van der Waals surface area contributed by atoms with Crippen molar-refractivity contribution in [2.45, 2.75) is 51.9 Å². The molecule has 0 aliphatic carbocycles. The normalized spacial score (nSPS) is 15.5. The van der Waals surface area contributed by atoms with Crippen LogP contribution in [-0.2, 0) is 14.8 Å². The first kappa shape index (κ1) is 23.6. The first-order valence-corrected chi connectivity index (χ1v) is 12.3. The van der Waals surface area contributed by atoms with Gasteiger partial charge in [-0.1, -0.05) is 13.8 Å². The highest BCUT2D eigenvalue weighted by molar-refractivity contribution is 7.89. The number of carbonyl (C=O) groups excluding carboxylic acids is 1. The molecule has 2 N–H and O–H groups in total. The van der Waals surface area contributed by atoms with Crippen molar-refractivity contribution in [3.8, 4) is 0 Å². The average Bonchev–Trinajstić information content (AvgIpc) is 2.71. The van der Waals surface area contributed by atoms with Gasteiger partial charge in [0.05, 0.1) is 29.4 Å². The van der Waals surface area contributed by atoms with Crippen LogP contribution in [0.3, 0.4) is 0 Å². The molecular weight excluding hydrogens is 388 g/mol. The van der Waals surface area contributed by atoms with Crippen molar-refractivity contribution in [1.82, 2.24) is 4.31 Å². The fourth-order valence-electron chi connectivity index (χ4n) is 3.98. The summed E-state index contributed by atoms with van der Waals surface area (Å²) in [4.78, 5) is 16.4. The van der Waals surface area contributed by atoms with Gasteiger partial charge in [0.15, 0.2) is 6.54 Å². The predicted molar refractivity (Wildman–Crippen MR) is 118 cm³/mol. The van der Waals surface area contributed by atoms with Gasteiger partial charge < -0.3 is 15.1 Å². The molecule has 0 saturated carbocycles. The van der Waals surface area contributed by atoms with E-state index >= 15 is 0 Å². The summed E-state index contributed by atoms with van der Waals surface area (Å²) in [7, 11) is -3.58. The number of quaternary nitrogens is 1. The highest BCUT2D eigenvalue weighted by Gasteiger charge is 2.24. The third-order valence-electron chi connectivity index (χ3n) is 5.66. The third-order valence-corrected chi connectivity index (χ3v) is 7.71. The van der Waals surface area contributed by atoms with E-state index in [0.29, 0.717) is 25.3 Å². The van der Waals surface area contributed by atoms with Crippen LogP contribution in [0.1, 0.15) is 47.0 Å². The van der Waals surface area contributed by atoms with Gasteiger partial charge >= 0.3 is 0 Å². The van der Waals surface area contributed by atoms with E-state index < -0.39 is 10.0 Å². The molecule has 164 valence electrons. The number of likely N-dealkylation sites (tertiary alicyclic amines) is 1. The first-order chi connectivity index (χ1) is 13.9. The van der Waals surface area contributed by atoms with E-state index in [9.17, 15) is 13.2 Å². The Hall–Kier alpha value is -1.64. The Kier molecular flexibility index (Phi) is 8.92. The topological polar surface area (TPSA) is 74.2 Å². The van der Waals surface area contributed by atoms with E-state index in [2.05, 4.69) is 10.2 Å². The number of nitrogens with zero attached hydrogens (tertiary/aromatic N) is 2. The van der Waals surface area contributed by atoms with Crippen molar-refractivity contribution in [2.24, 2.45) is 0 Å². The molecule has 1 aliphatic heterocycles. The number of piperidine rings is 1. The van der Waals surface area contributed by atoms with E-state index in [4.69, 9.17) is 0 Å². The molecule has 29 heavy (non-hydrogen) atoms. The second kappa shape index (κ2) is 10.9. The Morgan fingerprint density at radius 1 is 1.00 bits per heavy atom. The molecule has 0 radical (unpaired) electrons. The minimum atomic E-state index is -3.58. The molecule has 1 heterocycles. The van der Waals surface area contributed by atoms with E-state index in [1.807, 2.05) is 33.8 Å². The summed E-state index contributed by atoms with van der Waals surface area (Å²) >= 11 is 0. The fraction of sp³-hybridized carbons (Fsp3) is 0.667. The summed E-state index contributed by atoms with van der Waals surface area (Å²) in [6.07, 6.45) is 3.55. The molecule has 0 atom stereocenters. The highest BCUT2D eigenvalue weighted by atomic mass is 32.2. The maximum atomic E-state index is 13.0. The second-order valence-corrected chi connectivity index (χ2v) is 9.41. The molecule has 1 saturated heterocycles. The number of amides is 1. The van der Waals surface area contributed by atoms with Gasteiger partial charge in [-0.3, -0.25) is 4.79 Å². The predicted octanol–water partition coefficient (Wildman–Crippen LogP) is 1.57. The van der Waals surface area contributed by atoms with Crippen LogP contribution in [-0.4, -0.2) is 64.4 Å². The summed E-state index contributed by atoms with van der Waals surface area (Å²) in [5.74, 6) is -0.0623. The zero-order chi connectivity index (χ0) is 21.4. The zero-order valence-electron chi connectivity index (χ0n) is 18.3. The number of nitrogens with one attached hydrogen (secondary N) is 2. The Bertz CT molecular complexity index is 768. The van der Waals surface area contributed by atoms with Crippen molar-refractivity contribution in [1.29, 1.82) is 0 Å². The molecule has 1 aliphatic rings. The number of hydrogen-bond acceptors (Lipinski definition) is 4. The number of benzene rings is 1. The molecule has 7 nitrogen and oxygen atoms in total. The largest absolute Gasteiger partial charge is 0.370 e. The van der Waals surface area contributed by atoms with E-state index in [0.717, 1.165) is 44.7 Å². The molecular formula is C21H37N4O3S+. The number of anilines is 2. The van der Waals surface area contributed by atoms with Crippen molar-refractivity contribution < 1.29 is 18.1 Å². The van der Waals surface area contributed by atoms with Crippen LogP contribution in [0.4, 0.5) is 11.4 Å². The zero-order valence-corrected chi connectivity index (χ0v) is 19.1. The lowest BCUT2D eigenvalue weighted by atomic mass is 10.1. The van der Waals surface area contributed by atoms with Crippen molar-refractivity contribution in [2.75, 3.05) is 56.0 Å². The van der Waals surface area contributed by atoms with Gasteiger partial charge in [0.25, 0.3) is 5.91 Å². The van der Waals surface area contributed by atoms with Crippen LogP contribution >= 0.6 is 0 Å². The number of sulfonamides is 1. The van der Waals surface area contributed by atoms with Crippen molar-refractivity contribution >= 4 is 27.3 Å². The molecule has 0 spiro atoms. The lowest BCUT2D eigenvalue weighted by Crippen LogP contribution is -3.13. The molecule has 0 bridgehead atoms. The van der Waals surface area contributed by atoms with Crippen LogP contribution in [0.2, 0.25) is 0 Å². The first-order valence-electron chi connectivity index (χ1n) is 10.9. The molecule has 1 fully saturated rings. The van der Waals surface area contributed by atoms with Crippen LogP contribution < -0.4 is 15.1 Å². The van der Waals surface area contributed by atoms with Crippen molar-refractivity contribution in [3.05, 3.63) is 18.2 Å². The minimum absolute atomic E-state index is 0.0623. The summed E-state index contributed by atoms with van der Waals surface area (Å²) in [5, 5.41) is 3.01. The Morgan fingerprint density at radius 2 is 1.62 bits per heavy atom. The summed E-state index contributed by atoms with van der Waals surface area (Å²) in [6, 6.07) is 5.07. The highest BCUT2D eigenvalue weighted by Crippen LogP contribution is 2.30. The van der Waals surface area contributed by atoms with E-state index in [1.54, 1.807) is 12.1 Å². The SMILES string of the molecule is CCN(CC)c1ccc(S(=O)(=O)N(CC)CC)cc1NC(=O)C[NH+]1CCCCC1. The average molecular weight is 426 g/mol. The Balaban J connectivity index is 2.33. The van der Waals surface area contributed by atoms with Gasteiger partial charge in [-0.25, -0.2) is 8.42 Å². The van der Waals surface area contributed by atoms with Crippen LogP contribution in [0, 0.1) is 0 Å². The van der Waals surface area contributed by atoms with Crippen LogP contribution in [0.25, 0.3) is 0 Å². The molecule has 1 aromatic rings. The van der Waals surface area contributed by atoms with Crippen LogP contribution in [0.15, 0.2) is 23.1 Å². The summed E-state index contributed by atoms with van der Waals surface area (Å²) in [6.45, 7) is 12.6. The van der Waals surface area contributed by atoms with Crippen molar-refractivity contribution in [3.63, 3.8) is 0 Å². The quantitative estimate of drug-likeness (QED) is 0.597. The Labute approximate surface area is 176 Å². The monoisotopic (exact) mass is 425 g/mol. The minimum Gasteiger partial charge on any atom is -0.370 e. The molecule has 0 unspecified atom stereocenters. The molecule has 2 rings (SSSR count). The number of carbonyl (C=O) groups is 1. The standard InChI is InChI=1S/C21H36N4O3S/c1-5-24(6-2)20-13-12-18(29(27,28)25(7-3)8-4)16-19(20)22-21(26)17-23-14-10-9-11-15-23/h12-13,16H,5-11,14-15,17H2,1-4H3,(H,22,26)/p+1. The molecule has 1 aromatic carbocycles. The third kappa shape index (κ3) is 5.93. The van der Waals surface area contributed by atoms with Gasteiger partial charge in [-0.05, 0) is 51.3 Å². The van der Waals surface area contributed by atoms with Gasteiger partial charge in [0.2, 0.25) is 10.0 Å². The summed E-state index contributed by atoms with van der Waals surface area (Å²) < 4.78 is 27.4. The molecule has 8 heteroatoms. The maximum absolute atomic E-state index is 13.0. The fourth-order valence-corrected chi connectivity index (χ4v) is 5.46. The van der Waals surface area contributed by atoms with Crippen LogP contribution in [0.5, 0.6) is 0 Å². The lowest BCUT2D eigenvalue weighted by Gasteiger charge is -2.27. The Morgan fingerprint density at radius 3 is 2.17 bits per heavy atom. The lowest BCUT2D eigenvalue weighted by molar-refractivity contribution is -0.896. The number of rotatable bonds is 10. The number of hydrogen-bond donors (Lipinski definition) is 2. The van der Waals surface area contributed by atoms with Gasteiger partial charge in [-0.2, -0.15) is 4.31 Å². The smallest absolute Gasteiger partial charge is 0.279 e. The van der Waals surface area contributed by atoms with Gasteiger partial charge in [-0.15, -0.1) is 0 Å². The summed E-state index contributed by atoms with van der Waals surface area (Å²) in [5.41, 5.74) is 1.43. The molecule has 0 aromatic heterocycles. The molecule has 1 amide bonds. The van der Waals surface area contributed by atoms with Gasteiger partial charge in [0.1, 0.15) is 0 Å².